The topological polar surface area (TPSA) is 268 Å². The molecule has 0 spiro atoms. The van der Waals surface area contributed by atoms with E-state index < -0.39 is 18.5 Å². The van der Waals surface area contributed by atoms with Gasteiger partial charge in [-0.1, -0.05) is 0 Å². The van der Waals surface area contributed by atoms with E-state index in [1.807, 2.05) is 48.6 Å². The lowest BCUT2D eigenvalue weighted by molar-refractivity contribution is -0.143. The normalized spacial score (nSPS) is 12.0. The molecule has 0 aliphatic carbocycles. The molecule has 0 unspecified atom stereocenters. The molecular weight excluding hydrogens is 1040 g/mol. The Hall–Kier alpha value is -7.87. The van der Waals surface area contributed by atoms with Gasteiger partial charge in [0.15, 0.2) is 35.2 Å². The molecule has 76 heavy (non-hydrogen) atoms. The summed E-state index contributed by atoms with van der Waals surface area (Å²) in [4.78, 5) is 87.5. The largest absolute Gasteiger partial charge is 0.491 e. The maximum atomic E-state index is 12.6. The lowest BCUT2D eigenvalue weighted by Crippen LogP contribution is -2.48. The number of hydrogen-bond acceptors (Lipinski definition) is 20. The number of rotatable bonds is 21. The summed E-state index contributed by atoms with van der Waals surface area (Å²) in [6.07, 6.45) is 4.57. The average molecular weight is 1110 g/mol. The molecule has 1 fully saturated rings. The molecule has 0 radical (unpaired) electrons. The van der Waals surface area contributed by atoms with Crippen LogP contribution in [0.1, 0.15) is 72.6 Å². The van der Waals surface area contributed by atoms with Gasteiger partial charge in [-0.3, -0.25) is 35.1 Å². The van der Waals surface area contributed by atoms with Crippen molar-refractivity contribution in [3.63, 3.8) is 0 Å². The highest BCUT2D eigenvalue weighted by Crippen LogP contribution is 2.28. The number of carboxylic acid groups (broad SMARTS) is 1. The molecule has 3 aromatic heterocycles. The van der Waals surface area contributed by atoms with Crippen molar-refractivity contribution in [2.75, 3.05) is 76.1 Å². The van der Waals surface area contributed by atoms with Gasteiger partial charge in [-0.25, -0.2) is 24.5 Å². The molecule has 7 rings (SSSR count). The number of piperazine rings is 1. The Bertz CT molecular complexity index is 2820. The highest BCUT2D eigenvalue weighted by molar-refractivity contribution is 7.14. The summed E-state index contributed by atoms with van der Waals surface area (Å²) in [5, 5.41) is 23.5. The highest BCUT2D eigenvalue weighted by atomic mass is 32.1. The fourth-order valence-electron chi connectivity index (χ4n) is 6.38. The first kappa shape index (κ1) is 59.0. The van der Waals surface area contributed by atoms with Crippen LogP contribution in [0.2, 0.25) is 0 Å². The zero-order chi connectivity index (χ0) is 55.1. The number of likely N-dealkylation sites (N-methyl/N-ethyl adjacent to an activating group) is 1. The number of carbonyl (C=O) groups is 6. The van der Waals surface area contributed by atoms with Crippen LogP contribution < -0.4 is 44.4 Å². The van der Waals surface area contributed by atoms with E-state index in [-0.39, 0.29) is 60.9 Å². The molecule has 0 bridgehead atoms. The van der Waals surface area contributed by atoms with E-state index in [1.54, 1.807) is 82.1 Å². The Balaban J connectivity index is 0.000000212. The van der Waals surface area contributed by atoms with Gasteiger partial charge >= 0.3 is 11.9 Å². The monoisotopic (exact) mass is 1100 g/mol. The molecule has 1 aliphatic rings. The Kier molecular flexibility index (Phi) is 23.2. The van der Waals surface area contributed by atoms with E-state index in [2.05, 4.69) is 40.5 Å². The van der Waals surface area contributed by atoms with Crippen LogP contribution in [0, 0.1) is 0 Å². The van der Waals surface area contributed by atoms with Gasteiger partial charge in [0.2, 0.25) is 0 Å². The molecule has 4 heterocycles. The number of amides is 4. The van der Waals surface area contributed by atoms with Crippen molar-refractivity contribution in [1.29, 1.82) is 0 Å². The number of anilines is 3. The Labute approximate surface area is 451 Å². The zero-order valence-corrected chi connectivity index (χ0v) is 45.5. The maximum Gasteiger partial charge on any atom is 0.343 e. The van der Waals surface area contributed by atoms with Crippen LogP contribution in [-0.2, 0) is 19.1 Å². The Morgan fingerprint density at radius 2 is 0.868 bits per heavy atom. The molecule has 4 amide bonds. The first-order chi connectivity index (χ1) is 36.3. The number of hydrogen-bond donors (Lipinski definition) is 4. The molecule has 1 saturated heterocycles. The molecule has 0 saturated carbocycles. The van der Waals surface area contributed by atoms with Crippen LogP contribution in [0.3, 0.4) is 0 Å². The summed E-state index contributed by atoms with van der Waals surface area (Å²) in [5.41, 5.74) is 1.00. The minimum Gasteiger partial charge on any atom is -0.491 e. The lowest BCUT2D eigenvalue weighted by atomic mass is 10.2. The van der Waals surface area contributed by atoms with Gasteiger partial charge < -0.3 is 48.1 Å². The van der Waals surface area contributed by atoms with Gasteiger partial charge in [-0.2, -0.15) is 0 Å². The van der Waals surface area contributed by atoms with Gasteiger partial charge in [0.1, 0.15) is 34.5 Å². The number of benzene rings is 3. The lowest BCUT2D eigenvalue weighted by Gasteiger charge is -2.32. The molecular formula is C51H60N8O14S3. The quantitative estimate of drug-likeness (QED) is 0.0502. The molecule has 406 valence electrons. The predicted octanol–water partition coefficient (Wildman–Crippen LogP) is 7.72. The third-order valence-electron chi connectivity index (χ3n) is 9.67. The van der Waals surface area contributed by atoms with Crippen molar-refractivity contribution in [3.05, 3.63) is 106 Å². The summed E-state index contributed by atoms with van der Waals surface area (Å²) in [6, 6.07) is 14.3. The third kappa shape index (κ3) is 20.8. The van der Waals surface area contributed by atoms with E-state index in [0.29, 0.717) is 73.9 Å². The minimum atomic E-state index is -1.10. The van der Waals surface area contributed by atoms with Crippen LogP contribution in [-0.4, -0.2) is 144 Å². The predicted molar refractivity (Wildman–Crippen MR) is 287 cm³/mol. The molecule has 22 nitrogen and oxygen atoms in total. The van der Waals surface area contributed by atoms with Crippen LogP contribution in [0.25, 0.3) is 0 Å². The standard InChI is InChI=1S/C20H26N4O4S.C16H18N2O5S.C15H16N2O5S/c1-14(2)28-17-11-15(19(26)22-20-21-4-9-29-20)10-16(12-17)27-13-18(25)24-7-5-23(3)6-8-24;1-10(2)23-13-7-11(15(20)18-16-17-4-5-24-16)6-12(8-13)22-9-14(19)21-3;1-9(2)22-12-6-10(5-11(7-12)21-8-13(18)19)14(20)17-15-16-3-4-23-15/h4,9-12,14H,5-8,13H2,1-3H3,(H,21,22,26);4-8,10H,9H2,1-3H3,(H,17,18,20);3-7,9H,8H2,1-2H3,(H,18,19)(H,16,17,20). The van der Waals surface area contributed by atoms with E-state index in [1.165, 1.54) is 53.3 Å². The minimum absolute atomic E-state index is 0.0629. The number of ether oxygens (including phenoxy) is 7. The zero-order valence-electron chi connectivity index (χ0n) is 43.1. The number of carboxylic acids is 1. The number of methoxy groups -OCH3 is 1. The van der Waals surface area contributed by atoms with Crippen LogP contribution in [0.4, 0.5) is 15.4 Å². The molecule has 3 aromatic carbocycles. The van der Waals surface area contributed by atoms with Gasteiger partial charge in [0.05, 0.1) is 25.4 Å². The van der Waals surface area contributed by atoms with Gasteiger partial charge in [0, 0.05) is 95.8 Å². The molecule has 1 aliphatic heterocycles. The first-order valence-electron chi connectivity index (χ1n) is 23.5. The average Bonchev–Trinajstić information content (AvgIpc) is 4.21. The van der Waals surface area contributed by atoms with Gasteiger partial charge in [0.25, 0.3) is 23.6 Å². The SMILES string of the molecule is CC(C)Oc1cc(OCC(=O)N2CCN(C)CC2)cc(C(=O)Nc2nccs2)c1.CC(C)Oc1cc(OCC(=O)O)cc(C(=O)Nc2nccs2)c1.COC(=O)COc1cc(OC(C)C)cc(C(=O)Nc2nccs2)c1. The van der Waals surface area contributed by atoms with Crippen molar-refractivity contribution >= 4 is 85.0 Å². The second-order valence-electron chi connectivity index (χ2n) is 17.0. The number of esters is 1. The maximum absolute atomic E-state index is 12.6. The van der Waals surface area contributed by atoms with E-state index in [4.69, 9.17) is 33.5 Å². The van der Waals surface area contributed by atoms with E-state index >= 15 is 0 Å². The molecule has 25 heteroatoms. The van der Waals surface area contributed by atoms with Crippen LogP contribution in [0.15, 0.2) is 89.3 Å². The van der Waals surface area contributed by atoms with Crippen molar-refractivity contribution in [2.24, 2.45) is 0 Å². The van der Waals surface area contributed by atoms with Crippen LogP contribution >= 0.6 is 34.0 Å². The fraction of sp³-hybridized carbons (Fsp3) is 0.353. The number of aromatic nitrogens is 3. The summed E-state index contributed by atoms with van der Waals surface area (Å²) >= 11 is 3.95. The first-order valence-corrected chi connectivity index (χ1v) is 26.2. The molecule has 4 N–H and O–H groups in total. The van der Waals surface area contributed by atoms with Gasteiger partial charge in [-0.15, -0.1) is 34.0 Å². The van der Waals surface area contributed by atoms with Gasteiger partial charge in [-0.05, 0) is 85.0 Å². The smallest absolute Gasteiger partial charge is 0.343 e. The van der Waals surface area contributed by atoms with E-state index in [0.717, 1.165) is 13.1 Å². The summed E-state index contributed by atoms with van der Waals surface area (Å²) < 4.78 is 37.7. The summed E-state index contributed by atoms with van der Waals surface area (Å²) in [7, 11) is 3.31. The Morgan fingerprint density at radius 1 is 0.526 bits per heavy atom. The third-order valence-corrected chi connectivity index (χ3v) is 11.7. The molecule has 0 atom stereocenters. The number of nitrogens with zero attached hydrogens (tertiary/aromatic N) is 5. The van der Waals surface area contributed by atoms with Crippen LogP contribution in [0.5, 0.6) is 34.5 Å². The Morgan fingerprint density at radius 3 is 1.18 bits per heavy atom. The second kappa shape index (κ2) is 29.9. The van der Waals surface area contributed by atoms with Crippen molar-refractivity contribution < 1.29 is 67.0 Å². The second-order valence-corrected chi connectivity index (χ2v) is 19.7. The van der Waals surface area contributed by atoms with Crippen molar-refractivity contribution in [1.82, 2.24) is 24.8 Å². The number of thiazole rings is 3. The van der Waals surface area contributed by atoms with Crippen molar-refractivity contribution in [2.45, 2.75) is 59.9 Å². The summed E-state index contributed by atoms with van der Waals surface area (Å²) in [6.45, 7) is 13.5. The molecule has 6 aromatic rings. The van der Waals surface area contributed by atoms with E-state index in [9.17, 15) is 28.8 Å². The number of nitrogens with one attached hydrogen (secondary N) is 3. The fourth-order valence-corrected chi connectivity index (χ4v) is 7.95. The highest BCUT2D eigenvalue weighted by Gasteiger charge is 2.21. The number of carbonyl (C=O) groups excluding carboxylic acids is 5. The number of aliphatic carboxylic acids is 1. The summed E-state index contributed by atoms with van der Waals surface area (Å²) in [5.74, 6) is -0.332. The van der Waals surface area contributed by atoms with Crippen molar-refractivity contribution in [3.8, 4) is 34.5 Å².